The van der Waals surface area contributed by atoms with Crippen molar-refractivity contribution in [1.82, 2.24) is 5.32 Å². The number of carbonyl (C=O) groups is 2. The Morgan fingerprint density at radius 3 is 2.07 bits per heavy atom. The van der Waals surface area contributed by atoms with Gasteiger partial charge in [-0.1, -0.05) is 18.2 Å². The van der Waals surface area contributed by atoms with Crippen LogP contribution in [0.5, 0.6) is 0 Å². The summed E-state index contributed by atoms with van der Waals surface area (Å²) < 4.78 is 26.2. The summed E-state index contributed by atoms with van der Waals surface area (Å²) in [5.74, 6) is -0.854. The van der Waals surface area contributed by atoms with E-state index in [1.54, 1.807) is 36.4 Å². The second kappa shape index (κ2) is 9.30. The number of nitrogens with zero attached hydrogens (tertiary/aromatic N) is 1. The van der Waals surface area contributed by atoms with Crippen molar-refractivity contribution in [3.8, 4) is 0 Å². The number of anilines is 2. The van der Waals surface area contributed by atoms with E-state index < -0.39 is 22.0 Å². The molecular formula is C22H29N3O4S. The third kappa shape index (κ3) is 5.82. The smallest absolute Gasteiger partial charge is 0.253 e. The molecule has 2 aromatic rings. The number of sulfonamides is 1. The first-order chi connectivity index (χ1) is 13.9. The van der Waals surface area contributed by atoms with Gasteiger partial charge in [-0.25, -0.2) is 8.42 Å². The Kier molecular flexibility index (Phi) is 7.25. The van der Waals surface area contributed by atoms with Gasteiger partial charge in [-0.05, 0) is 70.0 Å². The number of nitrogens with one attached hydrogen (secondary N) is 2. The Balaban J connectivity index is 2.37. The fraction of sp³-hybridized carbons (Fsp3) is 0.364. The standard InChI is InChI=1S/C22H29N3O4S/c1-14(2)23-22(27)19-9-7-8-10-20(19)24-21(26)17(5)25(30(6,28)29)18-12-15(3)11-16(4)13-18/h7-14,17H,1-6H3,(H,23,27)(H,24,26)/t17-/m1/s1. The fourth-order valence-electron chi connectivity index (χ4n) is 3.25. The zero-order valence-electron chi connectivity index (χ0n) is 18.2. The predicted octanol–water partition coefficient (Wildman–Crippen LogP) is 3.23. The zero-order chi connectivity index (χ0) is 22.6. The Morgan fingerprint density at radius 1 is 0.967 bits per heavy atom. The van der Waals surface area contributed by atoms with Crippen LogP contribution in [-0.4, -0.2) is 38.6 Å². The van der Waals surface area contributed by atoms with Gasteiger partial charge in [0.1, 0.15) is 6.04 Å². The molecule has 0 heterocycles. The van der Waals surface area contributed by atoms with E-state index in [1.165, 1.54) is 6.92 Å². The summed E-state index contributed by atoms with van der Waals surface area (Å²) in [6.45, 7) is 8.94. The molecule has 0 fully saturated rings. The van der Waals surface area contributed by atoms with Crippen LogP contribution >= 0.6 is 0 Å². The van der Waals surface area contributed by atoms with E-state index >= 15 is 0 Å². The first-order valence-electron chi connectivity index (χ1n) is 9.68. The molecule has 0 spiro atoms. The van der Waals surface area contributed by atoms with Crippen LogP contribution in [0.4, 0.5) is 11.4 Å². The van der Waals surface area contributed by atoms with Gasteiger partial charge >= 0.3 is 0 Å². The topological polar surface area (TPSA) is 95.6 Å². The van der Waals surface area contributed by atoms with Gasteiger partial charge < -0.3 is 10.6 Å². The number of amides is 2. The molecule has 30 heavy (non-hydrogen) atoms. The highest BCUT2D eigenvalue weighted by Crippen LogP contribution is 2.25. The largest absolute Gasteiger partial charge is 0.350 e. The van der Waals surface area contributed by atoms with E-state index in [4.69, 9.17) is 0 Å². The average molecular weight is 432 g/mol. The number of hydrogen-bond acceptors (Lipinski definition) is 4. The fourth-order valence-corrected chi connectivity index (χ4v) is 4.41. The molecule has 0 saturated carbocycles. The van der Waals surface area contributed by atoms with Crippen molar-refractivity contribution in [2.75, 3.05) is 15.9 Å². The van der Waals surface area contributed by atoms with Crippen molar-refractivity contribution >= 4 is 33.2 Å². The maximum absolute atomic E-state index is 13.0. The lowest BCUT2D eigenvalue weighted by Crippen LogP contribution is -2.45. The lowest BCUT2D eigenvalue weighted by Gasteiger charge is -2.29. The van der Waals surface area contributed by atoms with Crippen LogP contribution in [0.15, 0.2) is 42.5 Å². The number of benzene rings is 2. The lowest BCUT2D eigenvalue weighted by atomic mass is 10.1. The molecule has 0 aromatic heterocycles. The summed E-state index contributed by atoms with van der Waals surface area (Å²) >= 11 is 0. The first-order valence-corrected chi connectivity index (χ1v) is 11.5. The molecule has 0 radical (unpaired) electrons. The van der Waals surface area contributed by atoms with Crippen LogP contribution in [0, 0.1) is 13.8 Å². The number of aryl methyl sites for hydroxylation is 2. The zero-order valence-corrected chi connectivity index (χ0v) is 19.0. The van der Waals surface area contributed by atoms with Gasteiger partial charge in [0.05, 0.1) is 23.2 Å². The maximum Gasteiger partial charge on any atom is 0.253 e. The van der Waals surface area contributed by atoms with E-state index in [0.717, 1.165) is 21.7 Å². The second-order valence-corrected chi connectivity index (χ2v) is 9.60. The highest BCUT2D eigenvalue weighted by molar-refractivity contribution is 7.92. The van der Waals surface area contributed by atoms with Crippen molar-refractivity contribution in [2.45, 2.75) is 46.7 Å². The van der Waals surface area contributed by atoms with Gasteiger partial charge in [0, 0.05) is 6.04 Å². The van der Waals surface area contributed by atoms with Crippen molar-refractivity contribution in [3.63, 3.8) is 0 Å². The Labute approximate surface area is 178 Å². The molecule has 2 aromatic carbocycles. The summed E-state index contributed by atoms with van der Waals surface area (Å²) in [5, 5.41) is 5.50. The van der Waals surface area contributed by atoms with Crippen molar-refractivity contribution in [1.29, 1.82) is 0 Å². The van der Waals surface area contributed by atoms with Crippen LogP contribution in [0.25, 0.3) is 0 Å². The van der Waals surface area contributed by atoms with Crippen molar-refractivity contribution in [2.24, 2.45) is 0 Å². The van der Waals surface area contributed by atoms with E-state index in [1.807, 2.05) is 33.8 Å². The Hall–Kier alpha value is -2.87. The molecule has 2 rings (SSSR count). The molecule has 1 atom stereocenters. The maximum atomic E-state index is 13.0. The third-order valence-corrected chi connectivity index (χ3v) is 5.64. The van der Waals surface area contributed by atoms with Crippen molar-refractivity contribution < 1.29 is 18.0 Å². The van der Waals surface area contributed by atoms with Gasteiger partial charge in [-0.2, -0.15) is 0 Å². The van der Waals surface area contributed by atoms with Gasteiger partial charge in [-0.3, -0.25) is 13.9 Å². The second-order valence-electron chi connectivity index (χ2n) is 7.74. The molecule has 162 valence electrons. The van der Waals surface area contributed by atoms with Crippen LogP contribution in [0.3, 0.4) is 0 Å². The van der Waals surface area contributed by atoms with E-state index in [0.29, 0.717) is 16.9 Å². The molecule has 2 amide bonds. The van der Waals surface area contributed by atoms with E-state index in [9.17, 15) is 18.0 Å². The van der Waals surface area contributed by atoms with Gasteiger partial charge in [0.15, 0.2) is 0 Å². The average Bonchev–Trinajstić information content (AvgIpc) is 2.59. The number of rotatable bonds is 7. The summed E-state index contributed by atoms with van der Waals surface area (Å²) in [7, 11) is -3.74. The number of hydrogen-bond donors (Lipinski definition) is 2. The first kappa shape index (κ1) is 23.4. The minimum Gasteiger partial charge on any atom is -0.350 e. The number of carbonyl (C=O) groups excluding carboxylic acids is 2. The number of para-hydroxylation sites is 1. The molecular weight excluding hydrogens is 402 g/mol. The van der Waals surface area contributed by atoms with Gasteiger partial charge in [-0.15, -0.1) is 0 Å². The molecule has 2 N–H and O–H groups in total. The van der Waals surface area contributed by atoms with Crippen LogP contribution < -0.4 is 14.9 Å². The van der Waals surface area contributed by atoms with Gasteiger partial charge in [0.2, 0.25) is 15.9 Å². The lowest BCUT2D eigenvalue weighted by molar-refractivity contribution is -0.116. The van der Waals surface area contributed by atoms with E-state index in [-0.39, 0.29) is 11.9 Å². The quantitative estimate of drug-likeness (QED) is 0.704. The van der Waals surface area contributed by atoms with Crippen molar-refractivity contribution in [3.05, 3.63) is 59.2 Å². The minimum atomic E-state index is -3.74. The van der Waals surface area contributed by atoms with Crippen LogP contribution in [0.1, 0.15) is 42.3 Å². The van der Waals surface area contributed by atoms with E-state index in [2.05, 4.69) is 10.6 Å². The highest BCUT2D eigenvalue weighted by atomic mass is 32.2. The van der Waals surface area contributed by atoms with Gasteiger partial charge in [0.25, 0.3) is 5.91 Å². The normalized spacial score (nSPS) is 12.4. The molecule has 8 heteroatoms. The molecule has 7 nitrogen and oxygen atoms in total. The molecule has 0 saturated heterocycles. The Morgan fingerprint density at radius 2 is 1.53 bits per heavy atom. The third-order valence-electron chi connectivity index (χ3n) is 4.40. The molecule has 0 aliphatic rings. The predicted molar refractivity (Wildman–Crippen MR) is 120 cm³/mol. The summed E-state index contributed by atoms with van der Waals surface area (Å²) in [6, 6.07) is 10.9. The summed E-state index contributed by atoms with van der Waals surface area (Å²) in [5.41, 5.74) is 2.83. The summed E-state index contributed by atoms with van der Waals surface area (Å²) in [6.07, 6.45) is 1.07. The highest BCUT2D eigenvalue weighted by Gasteiger charge is 2.30. The SMILES string of the molecule is Cc1cc(C)cc(N([C@H](C)C(=O)Nc2ccccc2C(=O)NC(C)C)S(C)(=O)=O)c1. The monoisotopic (exact) mass is 431 g/mol. The van der Waals surface area contributed by atoms with Crippen LogP contribution in [0.2, 0.25) is 0 Å². The molecule has 0 aliphatic carbocycles. The molecule has 0 bridgehead atoms. The Bertz CT molecular complexity index is 1030. The van der Waals surface area contributed by atoms with Crippen LogP contribution in [-0.2, 0) is 14.8 Å². The summed E-state index contributed by atoms with van der Waals surface area (Å²) in [4.78, 5) is 25.4. The minimum absolute atomic E-state index is 0.0644. The molecule has 0 aliphatic heterocycles. The molecule has 0 unspecified atom stereocenters.